The molecule has 0 bridgehead atoms. The topological polar surface area (TPSA) is 67.4 Å². The summed E-state index contributed by atoms with van der Waals surface area (Å²) in [5, 5.41) is 6.01. The number of anilines is 1. The number of ether oxygens (including phenoxy) is 1. The van der Waals surface area contributed by atoms with Crippen LogP contribution in [0.15, 0.2) is 24.3 Å². The summed E-state index contributed by atoms with van der Waals surface area (Å²) in [5.41, 5.74) is 1.04. The first-order valence-corrected chi connectivity index (χ1v) is 6.43. The Morgan fingerprint density at radius 2 is 2.21 bits per heavy atom. The lowest BCUT2D eigenvalue weighted by Gasteiger charge is -2.22. The highest BCUT2D eigenvalue weighted by molar-refractivity contribution is 5.97. The van der Waals surface area contributed by atoms with Crippen LogP contribution in [0.2, 0.25) is 0 Å². The van der Waals surface area contributed by atoms with Crippen LogP contribution >= 0.6 is 0 Å². The molecule has 5 nitrogen and oxygen atoms in total. The largest absolute Gasteiger partial charge is 0.465 e. The fourth-order valence-electron chi connectivity index (χ4n) is 2.15. The molecule has 2 N–H and O–H groups in total. The van der Waals surface area contributed by atoms with Crippen molar-refractivity contribution in [2.24, 2.45) is 0 Å². The first-order valence-electron chi connectivity index (χ1n) is 6.43. The summed E-state index contributed by atoms with van der Waals surface area (Å²) in [7, 11) is 1.33. The van der Waals surface area contributed by atoms with Crippen molar-refractivity contribution in [2.45, 2.75) is 25.3 Å². The molecule has 0 aromatic heterocycles. The van der Waals surface area contributed by atoms with Gasteiger partial charge in [0.1, 0.15) is 0 Å². The molecular weight excluding hydrogens is 244 g/mol. The molecule has 5 heteroatoms. The van der Waals surface area contributed by atoms with Gasteiger partial charge in [0.2, 0.25) is 5.91 Å². The summed E-state index contributed by atoms with van der Waals surface area (Å²) >= 11 is 0. The Bertz CT molecular complexity index is 468. The fourth-order valence-corrected chi connectivity index (χ4v) is 2.15. The van der Waals surface area contributed by atoms with E-state index in [2.05, 4.69) is 15.4 Å². The van der Waals surface area contributed by atoms with Crippen LogP contribution in [0.5, 0.6) is 0 Å². The van der Waals surface area contributed by atoms with Crippen LogP contribution in [-0.2, 0) is 9.53 Å². The Hall–Kier alpha value is -1.88. The molecule has 1 saturated heterocycles. The summed E-state index contributed by atoms with van der Waals surface area (Å²) in [6.45, 7) is 0.875. The van der Waals surface area contributed by atoms with Crippen molar-refractivity contribution in [2.75, 3.05) is 19.0 Å². The van der Waals surface area contributed by atoms with Gasteiger partial charge in [0, 0.05) is 5.69 Å². The van der Waals surface area contributed by atoms with E-state index in [0.717, 1.165) is 25.8 Å². The van der Waals surface area contributed by atoms with Crippen LogP contribution in [-0.4, -0.2) is 31.6 Å². The molecule has 0 radical (unpaired) electrons. The lowest BCUT2D eigenvalue weighted by molar-refractivity contribution is -0.118. The van der Waals surface area contributed by atoms with Gasteiger partial charge in [-0.15, -0.1) is 0 Å². The minimum atomic E-state index is -0.410. The monoisotopic (exact) mass is 262 g/mol. The molecule has 102 valence electrons. The standard InChI is InChI=1S/C14H18N2O3/c1-19-14(18)10-5-4-6-11(9-10)16-13(17)12-7-2-3-8-15-12/h4-6,9,12,15H,2-3,7-8H2,1H3,(H,16,17)/t12-/m1/s1. The van der Waals surface area contributed by atoms with E-state index in [9.17, 15) is 9.59 Å². The highest BCUT2D eigenvalue weighted by atomic mass is 16.5. The lowest BCUT2D eigenvalue weighted by Crippen LogP contribution is -2.43. The Labute approximate surface area is 112 Å². The van der Waals surface area contributed by atoms with Gasteiger partial charge in [0.05, 0.1) is 18.7 Å². The molecule has 1 aromatic carbocycles. The van der Waals surface area contributed by atoms with Gasteiger partial charge < -0.3 is 15.4 Å². The maximum atomic E-state index is 12.0. The minimum Gasteiger partial charge on any atom is -0.465 e. The van der Waals surface area contributed by atoms with Crippen LogP contribution in [0.1, 0.15) is 29.6 Å². The molecule has 0 unspecified atom stereocenters. The van der Waals surface area contributed by atoms with E-state index in [-0.39, 0.29) is 11.9 Å². The van der Waals surface area contributed by atoms with Crippen molar-refractivity contribution in [3.05, 3.63) is 29.8 Å². The third kappa shape index (κ3) is 3.54. The molecule has 2 rings (SSSR count). The molecule has 1 fully saturated rings. The Morgan fingerprint density at radius 3 is 2.89 bits per heavy atom. The van der Waals surface area contributed by atoms with E-state index in [1.807, 2.05) is 0 Å². The number of hydrogen-bond donors (Lipinski definition) is 2. The SMILES string of the molecule is COC(=O)c1cccc(NC(=O)[C@H]2CCCCN2)c1. The normalized spacial score (nSPS) is 18.7. The lowest BCUT2D eigenvalue weighted by atomic mass is 10.0. The number of carbonyl (C=O) groups is 2. The molecule has 0 aliphatic carbocycles. The number of rotatable bonds is 3. The number of methoxy groups -OCH3 is 1. The fraction of sp³-hybridized carbons (Fsp3) is 0.429. The first kappa shape index (κ1) is 13.5. The summed E-state index contributed by atoms with van der Waals surface area (Å²) in [6.07, 6.45) is 3.03. The molecule has 0 saturated carbocycles. The van der Waals surface area contributed by atoms with Crippen LogP contribution in [0.25, 0.3) is 0 Å². The van der Waals surface area contributed by atoms with Crippen molar-refractivity contribution in [3.63, 3.8) is 0 Å². The highest BCUT2D eigenvalue weighted by Crippen LogP contribution is 2.14. The Balaban J connectivity index is 2.02. The summed E-state index contributed by atoms with van der Waals surface area (Å²) in [6, 6.07) is 6.60. The number of hydrogen-bond acceptors (Lipinski definition) is 4. The second-order valence-electron chi connectivity index (χ2n) is 4.56. The maximum Gasteiger partial charge on any atom is 0.337 e. The van der Waals surface area contributed by atoms with Gasteiger partial charge in [-0.25, -0.2) is 4.79 Å². The van der Waals surface area contributed by atoms with Crippen molar-refractivity contribution >= 4 is 17.6 Å². The molecule has 1 aliphatic rings. The number of amides is 1. The van der Waals surface area contributed by atoms with Gasteiger partial charge in [-0.1, -0.05) is 12.5 Å². The molecule has 1 heterocycles. The van der Waals surface area contributed by atoms with Crippen molar-refractivity contribution in [1.29, 1.82) is 0 Å². The molecule has 19 heavy (non-hydrogen) atoms. The number of carbonyl (C=O) groups excluding carboxylic acids is 2. The number of piperidine rings is 1. The van der Waals surface area contributed by atoms with Gasteiger partial charge in [0.15, 0.2) is 0 Å². The van der Waals surface area contributed by atoms with E-state index in [1.165, 1.54) is 7.11 Å². The zero-order valence-corrected chi connectivity index (χ0v) is 10.9. The van der Waals surface area contributed by atoms with Crippen LogP contribution in [0, 0.1) is 0 Å². The Kier molecular flexibility index (Phi) is 4.52. The first-order chi connectivity index (χ1) is 9.20. The quantitative estimate of drug-likeness (QED) is 0.811. The average molecular weight is 262 g/mol. The van der Waals surface area contributed by atoms with Crippen LogP contribution in [0.4, 0.5) is 5.69 Å². The summed E-state index contributed by atoms with van der Waals surface area (Å²) in [5.74, 6) is -0.464. The highest BCUT2D eigenvalue weighted by Gasteiger charge is 2.20. The van der Waals surface area contributed by atoms with Gasteiger partial charge >= 0.3 is 5.97 Å². The summed E-state index contributed by atoms with van der Waals surface area (Å²) < 4.78 is 4.65. The maximum absolute atomic E-state index is 12.0. The van der Waals surface area contributed by atoms with Gasteiger partial charge in [-0.3, -0.25) is 4.79 Å². The van der Waals surface area contributed by atoms with Crippen LogP contribution in [0.3, 0.4) is 0 Å². The smallest absolute Gasteiger partial charge is 0.337 e. The minimum absolute atomic E-state index is 0.0540. The van der Waals surface area contributed by atoms with E-state index in [0.29, 0.717) is 11.3 Å². The van der Waals surface area contributed by atoms with Gasteiger partial charge in [-0.2, -0.15) is 0 Å². The van der Waals surface area contributed by atoms with Crippen molar-refractivity contribution < 1.29 is 14.3 Å². The van der Waals surface area contributed by atoms with Crippen molar-refractivity contribution in [1.82, 2.24) is 5.32 Å². The third-order valence-electron chi connectivity index (χ3n) is 3.18. The van der Waals surface area contributed by atoms with E-state index in [1.54, 1.807) is 24.3 Å². The molecule has 1 atom stereocenters. The van der Waals surface area contributed by atoms with E-state index < -0.39 is 5.97 Å². The molecule has 0 spiro atoms. The van der Waals surface area contributed by atoms with E-state index >= 15 is 0 Å². The van der Waals surface area contributed by atoms with Crippen molar-refractivity contribution in [3.8, 4) is 0 Å². The predicted molar refractivity (Wildman–Crippen MR) is 72.1 cm³/mol. The van der Waals surface area contributed by atoms with Gasteiger partial charge in [-0.05, 0) is 37.6 Å². The molecular formula is C14H18N2O3. The predicted octanol–water partition coefficient (Wildman–Crippen LogP) is 1.55. The number of nitrogens with one attached hydrogen (secondary N) is 2. The third-order valence-corrected chi connectivity index (χ3v) is 3.18. The second-order valence-corrected chi connectivity index (χ2v) is 4.56. The zero-order valence-electron chi connectivity index (χ0n) is 10.9. The van der Waals surface area contributed by atoms with Crippen LogP contribution < -0.4 is 10.6 Å². The summed E-state index contributed by atoms with van der Waals surface area (Å²) in [4.78, 5) is 23.4. The average Bonchev–Trinajstić information content (AvgIpc) is 2.47. The Morgan fingerprint density at radius 1 is 1.37 bits per heavy atom. The molecule has 1 amide bonds. The second kappa shape index (κ2) is 6.33. The molecule has 1 aromatic rings. The van der Waals surface area contributed by atoms with E-state index in [4.69, 9.17) is 0 Å². The zero-order chi connectivity index (χ0) is 13.7. The number of esters is 1. The van der Waals surface area contributed by atoms with Gasteiger partial charge in [0.25, 0.3) is 0 Å². The number of benzene rings is 1. The molecule has 1 aliphatic heterocycles.